The number of carbonyl (C=O) groups is 1. The van der Waals surface area contributed by atoms with E-state index >= 15 is 0 Å². The van der Waals surface area contributed by atoms with Crippen LogP contribution < -0.4 is 5.32 Å². The van der Waals surface area contributed by atoms with Crippen LogP contribution in [0, 0.1) is 13.8 Å². The van der Waals surface area contributed by atoms with Crippen molar-refractivity contribution in [3.63, 3.8) is 0 Å². The molecule has 29 heavy (non-hydrogen) atoms. The largest absolute Gasteiger partial charge is 0.361 e. The van der Waals surface area contributed by atoms with Crippen LogP contribution in [0.5, 0.6) is 0 Å². The quantitative estimate of drug-likeness (QED) is 0.524. The summed E-state index contributed by atoms with van der Waals surface area (Å²) in [6.07, 6.45) is 1.02. The lowest BCUT2D eigenvalue weighted by atomic mass is 9.86. The fourth-order valence-corrected chi connectivity index (χ4v) is 3.74. The highest BCUT2D eigenvalue weighted by molar-refractivity contribution is 6.30. The van der Waals surface area contributed by atoms with Crippen LogP contribution in [0.2, 0.25) is 10.0 Å². The third kappa shape index (κ3) is 5.62. The summed E-state index contributed by atoms with van der Waals surface area (Å²) in [6.45, 7) is 5.70. The van der Waals surface area contributed by atoms with Crippen molar-refractivity contribution >= 4 is 29.1 Å². The van der Waals surface area contributed by atoms with E-state index in [1.54, 1.807) is 0 Å². The van der Waals surface area contributed by atoms with Gasteiger partial charge in [0.1, 0.15) is 5.76 Å². The highest BCUT2D eigenvalue weighted by Gasteiger charge is 2.23. The van der Waals surface area contributed by atoms with E-state index in [0.717, 1.165) is 28.8 Å². The predicted octanol–water partition coefficient (Wildman–Crippen LogP) is 5.67. The van der Waals surface area contributed by atoms with Crippen molar-refractivity contribution in [3.05, 3.63) is 86.7 Å². The zero-order valence-electron chi connectivity index (χ0n) is 16.7. The van der Waals surface area contributed by atoms with E-state index in [9.17, 15) is 4.79 Å². The summed E-state index contributed by atoms with van der Waals surface area (Å²) in [7, 11) is 0. The Hall–Kier alpha value is -2.30. The van der Waals surface area contributed by atoms with Gasteiger partial charge in [-0.1, -0.05) is 52.6 Å². The molecular formula is C23H24Cl2N2O2. The van der Waals surface area contributed by atoms with Crippen molar-refractivity contribution in [1.29, 1.82) is 0 Å². The summed E-state index contributed by atoms with van der Waals surface area (Å²) in [5.74, 6) is 0.713. The Morgan fingerprint density at radius 3 is 2.17 bits per heavy atom. The lowest BCUT2D eigenvalue weighted by molar-refractivity contribution is -0.121. The molecule has 4 nitrogen and oxygen atoms in total. The molecule has 0 spiro atoms. The van der Waals surface area contributed by atoms with E-state index in [1.165, 1.54) is 0 Å². The zero-order valence-corrected chi connectivity index (χ0v) is 18.2. The lowest BCUT2D eigenvalue weighted by Crippen LogP contribution is -2.38. The number of nitrogens with one attached hydrogen (secondary N) is 1. The molecule has 0 aliphatic rings. The lowest BCUT2D eigenvalue weighted by Gasteiger charge is -2.26. The van der Waals surface area contributed by atoms with Crippen LogP contribution in [-0.2, 0) is 17.6 Å². The number of hydrogen-bond acceptors (Lipinski definition) is 3. The first-order valence-corrected chi connectivity index (χ1v) is 10.3. The van der Waals surface area contributed by atoms with Gasteiger partial charge in [0.15, 0.2) is 0 Å². The summed E-state index contributed by atoms with van der Waals surface area (Å²) in [4.78, 5) is 12.7. The molecule has 2 atom stereocenters. The first-order chi connectivity index (χ1) is 13.8. The molecule has 1 aromatic heterocycles. The first-order valence-electron chi connectivity index (χ1n) is 9.54. The van der Waals surface area contributed by atoms with Gasteiger partial charge in [0, 0.05) is 27.6 Å². The second-order valence-corrected chi connectivity index (χ2v) is 8.20. The van der Waals surface area contributed by atoms with Gasteiger partial charge in [-0.25, -0.2) is 0 Å². The molecule has 0 fully saturated rings. The fraction of sp³-hybridized carbons (Fsp3) is 0.304. The van der Waals surface area contributed by atoms with Crippen LogP contribution >= 0.6 is 23.2 Å². The van der Waals surface area contributed by atoms with Crippen molar-refractivity contribution in [2.45, 2.75) is 45.6 Å². The van der Waals surface area contributed by atoms with Gasteiger partial charge in [0.25, 0.3) is 0 Å². The highest BCUT2D eigenvalue weighted by Crippen LogP contribution is 2.27. The Morgan fingerprint density at radius 2 is 1.62 bits per heavy atom. The predicted molar refractivity (Wildman–Crippen MR) is 117 cm³/mol. The van der Waals surface area contributed by atoms with Gasteiger partial charge in [-0.05, 0) is 62.6 Å². The minimum atomic E-state index is -0.0835. The molecule has 1 heterocycles. The van der Waals surface area contributed by atoms with Crippen LogP contribution in [0.25, 0.3) is 0 Å². The second-order valence-electron chi connectivity index (χ2n) is 7.32. The van der Waals surface area contributed by atoms with E-state index in [0.29, 0.717) is 15.8 Å². The smallest absolute Gasteiger partial charge is 0.224 e. The number of hydrogen-bond donors (Lipinski definition) is 1. The number of aromatic nitrogens is 1. The molecule has 1 amide bonds. The molecule has 0 radical (unpaired) electrons. The van der Waals surface area contributed by atoms with Gasteiger partial charge in [0.05, 0.1) is 12.1 Å². The standard InChI is InChI=1S/C23H24Cl2N2O2/c1-14(26-23(28)13-21-15(2)27-29-16(21)3)22(18-6-10-20(25)11-7-18)12-17-4-8-19(24)9-5-17/h4-11,14,22H,12-13H2,1-3H3,(H,26,28)/t14-,22+/m1/s1. The highest BCUT2D eigenvalue weighted by atomic mass is 35.5. The van der Waals surface area contributed by atoms with Gasteiger partial charge in [-0.2, -0.15) is 0 Å². The maximum absolute atomic E-state index is 12.7. The number of benzene rings is 2. The van der Waals surface area contributed by atoms with Crippen LogP contribution in [0.3, 0.4) is 0 Å². The molecule has 0 unspecified atom stereocenters. The molecular weight excluding hydrogens is 407 g/mol. The Labute approximate surface area is 181 Å². The number of nitrogens with zero attached hydrogens (tertiary/aromatic N) is 1. The summed E-state index contributed by atoms with van der Waals surface area (Å²) in [6, 6.07) is 15.5. The number of rotatable bonds is 7. The number of halogens is 2. The van der Waals surface area contributed by atoms with Crippen molar-refractivity contribution in [1.82, 2.24) is 10.5 Å². The van der Waals surface area contributed by atoms with E-state index in [-0.39, 0.29) is 24.3 Å². The topological polar surface area (TPSA) is 55.1 Å². The number of amides is 1. The molecule has 0 bridgehead atoms. The average Bonchev–Trinajstić information content (AvgIpc) is 3.00. The van der Waals surface area contributed by atoms with Crippen LogP contribution in [0.1, 0.15) is 41.0 Å². The molecule has 152 valence electrons. The van der Waals surface area contributed by atoms with E-state index in [1.807, 2.05) is 69.3 Å². The fourth-order valence-electron chi connectivity index (χ4n) is 3.49. The van der Waals surface area contributed by atoms with Gasteiger partial charge >= 0.3 is 0 Å². The summed E-state index contributed by atoms with van der Waals surface area (Å²) < 4.78 is 5.16. The molecule has 6 heteroatoms. The third-order valence-electron chi connectivity index (χ3n) is 5.18. The normalized spacial score (nSPS) is 13.1. The van der Waals surface area contributed by atoms with Gasteiger partial charge < -0.3 is 9.84 Å². The monoisotopic (exact) mass is 430 g/mol. The number of aryl methyl sites for hydroxylation is 2. The maximum atomic E-state index is 12.7. The first kappa shape index (κ1) is 21.4. The maximum Gasteiger partial charge on any atom is 0.224 e. The Balaban J connectivity index is 1.77. The van der Waals surface area contributed by atoms with Crippen LogP contribution in [-0.4, -0.2) is 17.1 Å². The molecule has 2 aromatic carbocycles. The summed E-state index contributed by atoms with van der Waals surface area (Å²) in [5, 5.41) is 8.47. The molecule has 0 saturated heterocycles. The molecule has 3 aromatic rings. The van der Waals surface area contributed by atoms with Gasteiger partial charge in [-0.3, -0.25) is 4.79 Å². The van der Waals surface area contributed by atoms with E-state index in [4.69, 9.17) is 27.7 Å². The van der Waals surface area contributed by atoms with Crippen molar-refractivity contribution < 1.29 is 9.32 Å². The SMILES string of the molecule is Cc1noc(C)c1CC(=O)N[C@H](C)[C@H](Cc1ccc(Cl)cc1)c1ccc(Cl)cc1. The summed E-state index contributed by atoms with van der Waals surface area (Å²) >= 11 is 12.1. The molecule has 1 N–H and O–H groups in total. The Bertz CT molecular complexity index is 946. The Kier molecular flexibility index (Phi) is 6.99. The van der Waals surface area contributed by atoms with E-state index in [2.05, 4.69) is 10.5 Å². The van der Waals surface area contributed by atoms with E-state index < -0.39 is 0 Å². The minimum absolute atomic E-state index is 0.0537. The molecule has 0 aliphatic heterocycles. The van der Waals surface area contributed by atoms with Crippen molar-refractivity contribution in [2.24, 2.45) is 0 Å². The number of carbonyl (C=O) groups excluding carboxylic acids is 1. The summed E-state index contributed by atoms with van der Waals surface area (Å²) in [5.41, 5.74) is 3.87. The van der Waals surface area contributed by atoms with Crippen LogP contribution in [0.4, 0.5) is 0 Å². The Morgan fingerprint density at radius 1 is 1.03 bits per heavy atom. The minimum Gasteiger partial charge on any atom is -0.361 e. The van der Waals surface area contributed by atoms with Gasteiger partial charge in [0.2, 0.25) is 5.91 Å². The van der Waals surface area contributed by atoms with Crippen molar-refractivity contribution in [3.8, 4) is 0 Å². The van der Waals surface area contributed by atoms with Crippen molar-refractivity contribution in [2.75, 3.05) is 0 Å². The average molecular weight is 431 g/mol. The molecule has 0 aliphatic carbocycles. The van der Waals surface area contributed by atoms with Crippen LogP contribution in [0.15, 0.2) is 53.1 Å². The molecule has 0 saturated carbocycles. The third-order valence-corrected chi connectivity index (χ3v) is 5.68. The second kappa shape index (κ2) is 9.47. The van der Waals surface area contributed by atoms with Gasteiger partial charge in [-0.15, -0.1) is 0 Å². The molecule has 3 rings (SSSR count). The zero-order chi connectivity index (χ0) is 21.0.